The highest BCUT2D eigenvalue weighted by atomic mass is 32.2. The van der Waals surface area contributed by atoms with Crippen LogP contribution in [-0.2, 0) is 16.6 Å². The molecule has 0 aliphatic heterocycles. The van der Waals surface area contributed by atoms with Gasteiger partial charge in [0.25, 0.3) is 10.2 Å². The van der Waals surface area contributed by atoms with Crippen LogP contribution >= 0.6 is 0 Å². The fourth-order valence-electron chi connectivity index (χ4n) is 2.32. The van der Waals surface area contributed by atoms with Crippen LogP contribution in [0.2, 0.25) is 0 Å². The minimum Gasteiger partial charge on any atom is -0.391 e. The molecule has 1 aliphatic carbocycles. The summed E-state index contributed by atoms with van der Waals surface area (Å²) in [5.41, 5.74) is 1.27. The molecule has 0 saturated carbocycles. The van der Waals surface area contributed by atoms with Gasteiger partial charge in [-0.05, 0) is 31.9 Å². The van der Waals surface area contributed by atoms with Crippen molar-refractivity contribution < 1.29 is 13.5 Å². The Labute approximate surface area is 114 Å². The summed E-state index contributed by atoms with van der Waals surface area (Å²) < 4.78 is 29.1. The molecule has 0 saturated heterocycles. The molecule has 0 aromatic heterocycles. The van der Waals surface area contributed by atoms with Crippen LogP contribution in [0.3, 0.4) is 0 Å². The van der Waals surface area contributed by atoms with E-state index in [2.05, 4.69) is 9.44 Å². The molecule has 6 heteroatoms. The summed E-state index contributed by atoms with van der Waals surface area (Å²) >= 11 is 0. The van der Waals surface area contributed by atoms with E-state index in [0.29, 0.717) is 6.42 Å². The van der Waals surface area contributed by atoms with E-state index in [9.17, 15) is 13.5 Å². The Hall–Kier alpha value is -0.950. The van der Waals surface area contributed by atoms with E-state index in [0.717, 1.165) is 11.1 Å². The quantitative estimate of drug-likeness (QED) is 0.770. The van der Waals surface area contributed by atoms with Gasteiger partial charge in [-0.15, -0.1) is 0 Å². The van der Waals surface area contributed by atoms with E-state index >= 15 is 0 Å². The van der Waals surface area contributed by atoms with E-state index in [1.165, 1.54) is 0 Å². The van der Waals surface area contributed by atoms with Gasteiger partial charge in [0, 0.05) is 12.0 Å². The van der Waals surface area contributed by atoms with Gasteiger partial charge in [0.05, 0.1) is 12.1 Å². The molecular formula is C13H20N2O3S. The molecule has 0 fully saturated rings. The minimum absolute atomic E-state index is 0.471. The lowest BCUT2D eigenvalue weighted by Crippen LogP contribution is -2.49. The van der Waals surface area contributed by atoms with Gasteiger partial charge in [-0.1, -0.05) is 24.3 Å². The van der Waals surface area contributed by atoms with Crippen LogP contribution in [0.4, 0.5) is 0 Å². The number of nitrogens with one attached hydrogen (secondary N) is 2. The van der Waals surface area contributed by atoms with E-state index in [-0.39, 0.29) is 0 Å². The van der Waals surface area contributed by atoms with Crippen LogP contribution in [-0.4, -0.2) is 25.2 Å². The van der Waals surface area contributed by atoms with Crippen molar-refractivity contribution in [3.8, 4) is 0 Å². The third kappa shape index (κ3) is 3.54. The van der Waals surface area contributed by atoms with Crippen molar-refractivity contribution in [1.29, 1.82) is 0 Å². The monoisotopic (exact) mass is 284 g/mol. The normalized spacial score (nSPS) is 23.4. The molecule has 0 spiro atoms. The molecule has 1 aromatic rings. The lowest BCUT2D eigenvalue weighted by Gasteiger charge is -2.24. The third-order valence-electron chi connectivity index (χ3n) is 2.93. The maximum atomic E-state index is 12.0. The maximum Gasteiger partial charge on any atom is 0.278 e. The Bertz CT molecular complexity index is 563. The summed E-state index contributed by atoms with van der Waals surface area (Å²) in [6.45, 7) is 5.31. The number of aliphatic hydroxyl groups excluding tert-OH is 1. The summed E-state index contributed by atoms with van der Waals surface area (Å²) in [6, 6.07) is 6.89. The highest BCUT2D eigenvalue weighted by Crippen LogP contribution is 2.31. The molecule has 0 bridgehead atoms. The van der Waals surface area contributed by atoms with Crippen molar-refractivity contribution in [2.24, 2.45) is 0 Å². The highest BCUT2D eigenvalue weighted by molar-refractivity contribution is 7.87. The van der Waals surface area contributed by atoms with Crippen LogP contribution in [0, 0.1) is 0 Å². The van der Waals surface area contributed by atoms with Crippen LogP contribution < -0.4 is 9.44 Å². The fraction of sp³-hybridized carbons (Fsp3) is 0.538. The first-order chi connectivity index (χ1) is 8.68. The zero-order valence-corrected chi connectivity index (χ0v) is 12.2. The van der Waals surface area contributed by atoms with Gasteiger partial charge in [-0.25, -0.2) is 0 Å². The summed E-state index contributed by atoms with van der Waals surface area (Å²) in [5, 5.41) is 10.0. The Morgan fingerprint density at radius 1 is 1.26 bits per heavy atom. The van der Waals surface area contributed by atoms with Crippen molar-refractivity contribution in [1.82, 2.24) is 9.44 Å². The number of benzene rings is 1. The van der Waals surface area contributed by atoms with Gasteiger partial charge in [0.15, 0.2) is 0 Å². The van der Waals surface area contributed by atoms with E-state index in [4.69, 9.17) is 0 Å². The topological polar surface area (TPSA) is 78.4 Å². The molecule has 3 N–H and O–H groups in total. The molecule has 1 aromatic carbocycles. The molecule has 0 heterocycles. The molecule has 2 atom stereocenters. The third-order valence-corrected chi connectivity index (χ3v) is 4.37. The summed E-state index contributed by atoms with van der Waals surface area (Å²) in [5.74, 6) is 0. The van der Waals surface area contributed by atoms with Gasteiger partial charge in [-0.2, -0.15) is 17.9 Å². The molecule has 0 amide bonds. The number of aliphatic hydroxyl groups is 1. The van der Waals surface area contributed by atoms with E-state index in [1.807, 2.05) is 24.3 Å². The van der Waals surface area contributed by atoms with Crippen LogP contribution in [0.15, 0.2) is 24.3 Å². The van der Waals surface area contributed by atoms with Crippen molar-refractivity contribution in [3.63, 3.8) is 0 Å². The van der Waals surface area contributed by atoms with Crippen LogP contribution in [0.1, 0.15) is 37.9 Å². The number of hydrogen-bond donors (Lipinski definition) is 3. The first-order valence-electron chi connectivity index (χ1n) is 6.25. The lowest BCUT2D eigenvalue weighted by molar-refractivity contribution is 0.151. The molecular weight excluding hydrogens is 264 g/mol. The van der Waals surface area contributed by atoms with Gasteiger partial charge < -0.3 is 5.11 Å². The lowest BCUT2D eigenvalue weighted by atomic mass is 10.1. The first kappa shape index (κ1) is 14.5. The zero-order chi connectivity index (χ0) is 14.3. The van der Waals surface area contributed by atoms with Crippen molar-refractivity contribution >= 4 is 10.2 Å². The Morgan fingerprint density at radius 2 is 1.89 bits per heavy atom. The predicted octanol–water partition coefficient (Wildman–Crippen LogP) is 0.867. The van der Waals surface area contributed by atoms with Gasteiger partial charge >= 0.3 is 0 Å². The van der Waals surface area contributed by atoms with Gasteiger partial charge in [0.2, 0.25) is 0 Å². The second-order valence-electron chi connectivity index (χ2n) is 5.92. The average molecular weight is 284 g/mol. The zero-order valence-electron chi connectivity index (χ0n) is 11.3. The molecule has 5 nitrogen and oxygen atoms in total. The van der Waals surface area contributed by atoms with E-state index < -0.39 is 27.9 Å². The van der Waals surface area contributed by atoms with Crippen molar-refractivity contribution in [3.05, 3.63) is 35.4 Å². The Kier molecular flexibility index (Phi) is 3.70. The molecule has 0 unspecified atom stereocenters. The maximum absolute atomic E-state index is 12.0. The first-order valence-corrected chi connectivity index (χ1v) is 7.73. The van der Waals surface area contributed by atoms with Gasteiger partial charge in [-0.3, -0.25) is 0 Å². The van der Waals surface area contributed by atoms with Crippen LogP contribution in [0.25, 0.3) is 0 Å². The summed E-state index contributed by atoms with van der Waals surface area (Å²) in [6.07, 6.45) is -0.257. The highest BCUT2D eigenvalue weighted by Gasteiger charge is 2.34. The van der Waals surface area contributed by atoms with E-state index in [1.54, 1.807) is 20.8 Å². The Balaban J connectivity index is 2.20. The van der Waals surface area contributed by atoms with Crippen molar-refractivity contribution in [2.75, 3.05) is 0 Å². The van der Waals surface area contributed by atoms with Gasteiger partial charge in [0.1, 0.15) is 0 Å². The second-order valence-corrected chi connectivity index (χ2v) is 7.37. The standard InChI is InChI=1S/C13H20N2O3S/c1-13(2,3)15-19(17,18)14-12-10-7-5-4-6-9(10)8-11(12)16/h4-7,11-12,14-16H,8H2,1-3H3/t11-,12+/m1/s1. The number of rotatable bonds is 3. The van der Waals surface area contributed by atoms with Crippen molar-refractivity contribution in [2.45, 2.75) is 44.9 Å². The smallest absolute Gasteiger partial charge is 0.278 e. The summed E-state index contributed by atoms with van der Waals surface area (Å²) in [4.78, 5) is 0. The molecule has 19 heavy (non-hydrogen) atoms. The minimum atomic E-state index is -3.66. The SMILES string of the molecule is CC(C)(C)NS(=O)(=O)N[C@H]1c2ccccc2C[C@H]1O. The Morgan fingerprint density at radius 3 is 2.53 bits per heavy atom. The molecule has 2 rings (SSSR count). The second kappa shape index (κ2) is 4.86. The predicted molar refractivity (Wildman–Crippen MR) is 73.8 cm³/mol. The molecule has 106 valence electrons. The van der Waals surface area contributed by atoms with Crippen LogP contribution in [0.5, 0.6) is 0 Å². The molecule has 1 aliphatic rings. The largest absolute Gasteiger partial charge is 0.391 e. The fourth-order valence-corrected chi connectivity index (χ4v) is 3.80. The average Bonchev–Trinajstić information content (AvgIpc) is 2.52. The summed E-state index contributed by atoms with van der Waals surface area (Å²) in [7, 11) is -3.66. The number of hydrogen-bond acceptors (Lipinski definition) is 3. The molecule has 0 radical (unpaired) electrons. The number of fused-ring (bicyclic) bond motifs is 1.